The second-order valence-corrected chi connectivity index (χ2v) is 11.2. The van der Waals surface area contributed by atoms with Crippen molar-refractivity contribution in [1.29, 1.82) is 0 Å². The highest BCUT2D eigenvalue weighted by molar-refractivity contribution is 7.98. The number of nitrogens with zero attached hydrogens (tertiary/aromatic N) is 1. The van der Waals surface area contributed by atoms with Crippen LogP contribution < -0.4 is 0 Å². The van der Waals surface area contributed by atoms with Crippen LogP contribution in [0, 0.1) is 0 Å². The van der Waals surface area contributed by atoms with Crippen molar-refractivity contribution < 1.29 is 0 Å². The van der Waals surface area contributed by atoms with Crippen LogP contribution in [0.15, 0.2) is 12.3 Å². The smallest absolute Gasteiger partial charge is 0.0490 e. The van der Waals surface area contributed by atoms with Gasteiger partial charge >= 0.3 is 0 Å². The van der Waals surface area contributed by atoms with Crippen LogP contribution >= 0.6 is 11.8 Å². The largest absolute Gasteiger partial charge is 0.282 e. The summed E-state index contributed by atoms with van der Waals surface area (Å²) in [7, 11) is -0.826. The standard InChI is InChI=1S/C9H18N2SSi/c1-13(2,3)7-6-12-8-9-4-5-10-11-9/h4-5H,6-8H2,1-3H3,(H,10,11). The Balaban J connectivity index is 2.09. The number of H-pyrrole nitrogens is 1. The van der Waals surface area contributed by atoms with Crippen molar-refractivity contribution in [3.05, 3.63) is 18.0 Å². The molecule has 1 N–H and O–H groups in total. The second-order valence-electron chi connectivity index (χ2n) is 4.45. The van der Waals surface area contributed by atoms with E-state index in [1.807, 2.05) is 24.0 Å². The quantitative estimate of drug-likeness (QED) is 0.603. The Hall–Kier alpha value is -0.223. The molecule has 0 atom stereocenters. The summed E-state index contributed by atoms with van der Waals surface area (Å²) in [4.78, 5) is 0. The maximum absolute atomic E-state index is 3.92. The van der Waals surface area contributed by atoms with Gasteiger partial charge in [0, 0.05) is 25.7 Å². The Labute approximate surface area is 85.5 Å². The van der Waals surface area contributed by atoms with Crippen molar-refractivity contribution in [3.8, 4) is 0 Å². The van der Waals surface area contributed by atoms with Crippen molar-refractivity contribution in [2.24, 2.45) is 0 Å². The number of hydrogen-bond acceptors (Lipinski definition) is 2. The average molecular weight is 214 g/mol. The summed E-state index contributed by atoms with van der Waals surface area (Å²) in [5.41, 5.74) is 1.24. The first-order valence-corrected chi connectivity index (χ1v) is 9.50. The fraction of sp³-hybridized carbons (Fsp3) is 0.667. The summed E-state index contributed by atoms with van der Waals surface area (Å²) < 4.78 is 0. The summed E-state index contributed by atoms with van der Waals surface area (Å²) in [6.07, 6.45) is 1.81. The lowest BCUT2D eigenvalue weighted by molar-refractivity contribution is 1.04. The van der Waals surface area contributed by atoms with E-state index in [2.05, 4.69) is 29.8 Å². The number of rotatable bonds is 5. The highest BCUT2D eigenvalue weighted by atomic mass is 32.2. The van der Waals surface area contributed by atoms with E-state index in [1.165, 1.54) is 17.5 Å². The van der Waals surface area contributed by atoms with Gasteiger partial charge in [0.25, 0.3) is 0 Å². The molecule has 4 heteroatoms. The van der Waals surface area contributed by atoms with Gasteiger partial charge in [0.1, 0.15) is 0 Å². The van der Waals surface area contributed by atoms with Gasteiger partial charge in [-0.2, -0.15) is 16.9 Å². The van der Waals surface area contributed by atoms with E-state index in [-0.39, 0.29) is 0 Å². The fourth-order valence-corrected chi connectivity index (χ4v) is 4.48. The molecule has 1 aromatic rings. The molecule has 0 fully saturated rings. The van der Waals surface area contributed by atoms with Gasteiger partial charge in [-0.05, 0) is 17.9 Å². The van der Waals surface area contributed by atoms with Crippen LogP contribution in [-0.4, -0.2) is 24.0 Å². The van der Waals surface area contributed by atoms with Crippen LogP contribution in [0.5, 0.6) is 0 Å². The minimum absolute atomic E-state index is 0.826. The summed E-state index contributed by atoms with van der Waals surface area (Å²) >= 11 is 2.00. The van der Waals surface area contributed by atoms with Gasteiger partial charge in [0.2, 0.25) is 0 Å². The molecule has 1 aromatic heterocycles. The van der Waals surface area contributed by atoms with E-state index < -0.39 is 8.07 Å². The third kappa shape index (κ3) is 5.16. The molecule has 2 nitrogen and oxygen atoms in total. The van der Waals surface area contributed by atoms with Crippen LogP contribution in [-0.2, 0) is 5.75 Å². The molecule has 0 unspecified atom stereocenters. The Morgan fingerprint density at radius 2 is 2.23 bits per heavy atom. The first-order valence-electron chi connectivity index (χ1n) is 4.64. The van der Waals surface area contributed by atoms with Crippen LogP contribution in [0.3, 0.4) is 0 Å². The minimum Gasteiger partial charge on any atom is -0.282 e. The number of hydrogen-bond donors (Lipinski definition) is 1. The Morgan fingerprint density at radius 1 is 1.46 bits per heavy atom. The molecule has 0 amide bonds. The molecule has 74 valence electrons. The monoisotopic (exact) mass is 214 g/mol. The van der Waals surface area contributed by atoms with Gasteiger partial charge in [0.15, 0.2) is 0 Å². The highest BCUT2D eigenvalue weighted by Crippen LogP contribution is 2.16. The van der Waals surface area contributed by atoms with Gasteiger partial charge in [0.05, 0.1) is 0 Å². The lowest BCUT2D eigenvalue weighted by Gasteiger charge is -2.14. The Kier molecular flexibility index (Phi) is 4.06. The SMILES string of the molecule is C[Si](C)(C)CCSCc1ccn[nH]1. The van der Waals surface area contributed by atoms with E-state index >= 15 is 0 Å². The minimum atomic E-state index is -0.826. The molecule has 0 radical (unpaired) electrons. The van der Waals surface area contributed by atoms with E-state index in [1.54, 1.807) is 0 Å². The van der Waals surface area contributed by atoms with E-state index in [9.17, 15) is 0 Å². The molecule has 1 rings (SSSR count). The van der Waals surface area contributed by atoms with Crippen molar-refractivity contribution in [2.75, 3.05) is 5.75 Å². The predicted octanol–water partition coefficient (Wildman–Crippen LogP) is 2.98. The second kappa shape index (κ2) is 4.86. The fourth-order valence-electron chi connectivity index (χ4n) is 0.926. The zero-order valence-electron chi connectivity index (χ0n) is 8.63. The Morgan fingerprint density at radius 3 is 2.77 bits per heavy atom. The molecular formula is C9H18N2SSi. The van der Waals surface area contributed by atoms with E-state index in [0.29, 0.717) is 0 Å². The summed E-state index contributed by atoms with van der Waals surface area (Å²) in [5.74, 6) is 2.36. The number of aromatic amines is 1. The summed E-state index contributed by atoms with van der Waals surface area (Å²) in [5, 5.41) is 6.90. The molecule has 0 spiro atoms. The van der Waals surface area contributed by atoms with E-state index in [4.69, 9.17) is 0 Å². The predicted molar refractivity (Wildman–Crippen MR) is 62.9 cm³/mol. The van der Waals surface area contributed by atoms with Crippen molar-refractivity contribution in [1.82, 2.24) is 10.2 Å². The lowest BCUT2D eigenvalue weighted by atomic mass is 10.5. The molecule has 0 aliphatic carbocycles. The first kappa shape index (κ1) is 10.9. The molecule has 0 aliphatic rings. The molecule has 0 saturated heterocycles. The third-order valence-corrected chi connectivity index (χ3v) is 4.93. The number of aromatic nitrogens is 2. The van der Waals surface area contributed by atoms with Crippen LogP contribution in [0.1, 0.15) is 5.69 Å². The zero-order chi connectivity index (χ0) is 9.73. The maximum atomic E-state index is 3.92. The molecule has 0 aliphatic heterocycles. The molecule has 13 heavy (non-hydrogen) atoms. The number of thioether (sulfide) groups is 1. The molecule has 0 saturated carbocycles. The molecule has 0 bridgehead atoms. The molecule has 0 aromatic carbocycles. The normalized spacial score (nSPS) is 11.9. The van der Waals surface area contributed by atoms with Gasteiger partial charge in [-0.15, -0.1) is 0 Å². The Bertz CT molecular complexity index is 228. The third-order valence-electron chi connectivity index (χ3n) is 1.81. The van der Waals surface area contributed by atoms with Crippen molar-refractivity contribution >= 4 is 19.8 Å². The topological polar surface area (TPSA) is 28.7 Å². The van der Waals surface area contributed by atoms with Gasteiger partial charge in [-0.1, -0.05) is 19.6 Å². The van der Waals surface area contributed by atoms with Gasteiger partial charge in [-0.3, -0.25) is 5.10 Å². The molecule has 1 heterocycles. The highest BCUT2D eigenvalue weighted by Gasteiger charge is 2.11. The van der Waals surface area contributed by atoms with Crippen LogP contribution in [0.25, 0.3) is 0 Å². The van der Waals surface area contributed by atoms with Crippen molar-refractivity contribution in [2.45, 2.75) is 31.4 Å². The summed E-state index contributed by atoms with van der Waals surface area (Å²) in [6.45, 7) is 7.26. The van der Waals surface area contributed by atoms with Crippen molar-refractivity contribution in [3.63, 3.8) is 0 Å². The molecular weight excluding hydrogens is 196 g/mol. The van der Waals surface area contributed by atoms with Crippen LogP contribution in [0.2, 0.25) is 25.7 Å². The zero-order valence-corrected chi connectivity index (χ0v) is 10.4. The number of nitrogens with one attached hydrogen (secondary N) is 1. The summed E-state index contributed by atoms with van der Waals surface area (Å²) in [6, 6.07) is 3.45. The van der Waals surface area contributed by atoms with Gasteiger partial charge in [-0.25, -0.2) is 0 Å². The lowest BCUT2D eigenvalue weighted by Crippen LogP contribution is -2.19. The van der Waals surface area contributed by atoms with E-state index in [0.717, 1.165) is 5.75 Å². The first-order chi connectivity index (χ1) is 6.08. The maximum Gasteiger partial charge on any atom is 0.0490 e. The van der Waals surface area contributed by atoms with Crippen LogP contribution in [0.4, 0.5) is 0 Å². The average Bonchev–Trinajstić information content (AvgIpc) is 2.48. The van der Waals surface area contributed by atoms with Gasteiger partial charge < -0.3 is 0 Å².